The van der Waals surface area contributed by atoms with E-state index in [0.717, 1.165) is 22.0 Å². The summed E-state index contributed by atoms with van der Waals surface area (Å²) >= 11 is 7.41. The number of thiazole rings is 1. The molecule has 0 bridgehead atoms. The molecule has 7 nitrogen and oxygen atoms in total. The summed E-state index contributed by atoms with van der Waals surface area (Å²) in [4.78, 5) is 35.2. The first kappa shape index (κ1) is 23.3. The summed E-state index contributed by atoms with van der Waals surface area (Å²) in [5.74, 6) is -0.533. The quantitative estimate of drug-likeness (QED) is 0.319. The van der Waals surface area contributed by atoms with E-state index in [-0.39, 0.29) is 18.8 Å². The largest absolute Gasteiger partial charge is 0.460 e. The van der Waals surface area contributed by atoms with Crippen molar-refractivity contribution in [3.05, 3.63) is 102 Å². The van der Waals surface area contributed by atoms with Crippen molar-refractivity contribution >= 4 is 45.9 Å². The van der Waals surface area contributed by atoms with Crippen molar-refractivity contribution in [1.82, 2.24) is 9.55 Å². The monoisotopic (exact) mass is 507 g/mol. The minimum atomic E-state index is -0.691. The van der Waals surface area contributed by atoms with Crippen LogP contribution in [0.5, 0.6) is 0 Å². The first-order valence-corrected chi connectivity index (χ1v) is 12.2. The van der Waals surface area contributed by atoms with Crippen molar-refractivity contribution in [1.29, 1.82) is 0 Å². The zero-order valence-electron chi connectivity index (χ0n) is 19.1. The molecule has 178 valence electrons. The first-order valence-electron chi connectivity index (χ1n) is 11.0. The number of nitrogens with one attached hydrogen (secondary N) is 1. The molecule has 4 aromatic rings. The van der Waals surface area contributed by atoms with Crippen LogP contribution >= 0.6 is 22.9 Å². The average molecular weight is 508 g/mol. The molecular weight excluding hydrogens is 486 g/mol. The second-order valence-electron chi connectivity index (χ2n) is 8.05. The molecule has 0 radical (unpaired) electrons. The highest BCUT2D eigenvalue weighted by Crippen LogP contribution is 2.31. The number of fused-ring (bicyclic) bond motifs is 2. The minimum absolute atomic E-state index is 0.102. The number of aromatic nitrogens is 2. The van der Waals surface area contributed by atoms with Crippen molar-refractivity contribution in [2.24, 2.45) is 4.99 Å². The number of hydrogen-bond donors (Lipinski definition) is 1. The number of hydrogen-bond acceptors (Lipinski definition) is 6. The molecule has 0 saturated heterocycles. The van der Waals surface area contributed by atoms with Crippen LogP contribution in [0.2, 0.25) is 5.02 Å². The maximum atomic E-state index is 13.7. The smallest absolute Gasteiger partial charge is 0.338 e. The molecule has 1 aliphatic rings. The van der Waals surface area contributed by atoms with Gasteiger partial charge < -0.3 is 14.5 Å². The summed E-state index contributed by atoms with van der Waals surface area (Å²) < 4.78 is 12.5. The summed E-state index contributed by atoms with van der Waals surface area (Å²) in [6.07, 6.45) is 3.74. The number of carbonyl (C=O) groups is 1. The number of methoxy groups -OCH3 is 1. The maximum Gasteiger partial charge on any atom is 0.338 e. The lowest BCUT2D eigenvalue weighted by Crippen LogP contribution is -2.40. The molecule has 9 heteroatoms. The third kappa shape index (κ3) is 4.36. The van der Waals surface area contributed by atoms with E-state index in [1.54, 1.807) is 23.6 Å². The van der Waals surface area contributed by atoms with E-state index in [9.17, 15) is 9.59 Å². The van der Waals surface area contributed by atoms with Gasteiger partial charge in [0.15, 0.2) is 4.80 Å². The van der Waals surface area contributed by atoms with Gasteiger partial charge in [0, 0.05) is 34.8 Å². The van der Waals surface area contributed by atoms with Gasteiger partial charge in [-0.1, -0.05) is 53.3 Å². The normalized spacial score (nSPS) is 15.9. The molecule has 0 amide bonds. The second kappa shape index (κ2) is 9.65. The van der Waals surface area contributed by atoms with Crippen LogP contribution in [-0.2, 0) is 14.3 Å². The Hall–Kier alpha value is -3.46. The molecule has 5 rings (SSSR count). The third-order valence-electron chi connectivity index (χ3n) is 5.86. The van der Waals surface area contributed by atoms with Crippen molar-refractivity contribution in [2.75, 3.05) is 20.3 Å². The molecule has 1 atom stereocenters. The molecule has 0 saturated carbocycles. The number of esters is 1. The van der Waals surface area contributed by atoms with Gasteiger partial charge in [-0.05, 0) is 36.8 Å². The summed E-state index contributed by atoms with van der Waals surface area (Å²) in [7, 11) is 1.54. The van der Waals surface area contributed by atoms with Crippen LogP contribution in [0, 0.1) is 0 Å². The van der Waals surface area contributed by atoms with Gasteiger partial charge in [0.2, 0.25) is 0 Å². The Morgan fingerprint density at radius 2 is 1.97 bits per heavy atom. The predicted molar refractivity (Wildman–Crippen MR) is 136 cm³/mol. The van der Waals surface area contributed by atoms with Gasteiger partial charge in [0.05, 0.1) is 28.5 Å². The van der Waals surface area contributed by atoms with Crippen molar-refractivity contribution in [3.8, 4) is 0 Å². The van der Waals surface area contributed by atoms with E-state index in [1.165, 1.54) is 18.4 Å². The van der Waals surface area contributed by atoms with Gasteiger partial charge in [0.1, 0.15) is 6.61 Å². The van der Waals surface area contributed by atoms with E-state index < -0.39 is 12.0 Å². The number of H-pyrrole nitrogens is 1. The predicted octanol–water partition coefficient (Wildman–Crippen LogP) is 3.56. The van der Waals surface area contributed by atoms with Gasteiger partial charge in [0.25, 0.3) is 5.56 Å². The van der Waals surface area contributed by atoms with Crippen molar-refractivity contribution in [3.63, 3.8) is 0 Å². The number of halogens is 1. The highest BCUT2D eigenvalue weighted by atomic mass is 35.5. The van der Waals surface area contributed by atoms with E-state index in [4.69, 9.17) is 21.1 Å². The minimum Gasteiger partial charge on any atom is -0.460 e. The van der Waals surface area contributed by atoms with Crippen LogP contribution < -0.4 is 14.9 Å². The summed E-state index contributed by atoms with van der Waals surface area (Å²) in [6, 6.07) is 14.3. The number of rotatable bonds is 6. The molecule has 1 aliphatic heterocycles. The van der Waals surface area contributed by atoms with E-state index in [2.05, 4.69) is 9.98 Å². The lowest BCUT2D eigenvalue weighted by Gasteiger charge is -2.24. The van der Waals surface area contributed by atoms with Crippen molar-refractivity contribution < 1.29 is 14.3 Å². The Morgan fingerprint density at radius 3 is 2.74 bits per heavy atom. The average Bonchev–Trinajstić information content (AvgIpc) is 3.40. The Labute approximate surface area is 209 Å². The van der Waals surface area contributed by atoms with E-state index in [1.807, 2.05) is 48.7 Å². The van der Waals surface area contributed by atoms with Gasteiger partial charge in [-0.2, -0.15) is 0 Å². The zero-order valence-corrected chi connectivity index (χ0v) is 20.7. The highest BCUT2D eigenvalue weighted by molar-refractivity contribution is 7.07. The fraction of sp³-hybridized carbons (Fsp3) is 0.192. The SMILES string of the molecule is COCCOC(=O)C1=C(C)N=c2sc(=Cc3c[nH]c4ccccc34)c(=O)n2C1c1ccc(Cl)cc1. The van der Waals surface area contributed by atoms with Gasteiger partial charge in [-0.25, -0.2) is 9.79 Å². The number of benzene rings is 2. The first-order chi connectivity index (χ1) is 17.0. The number of nitrogens with zero attached hydrogens (tertiary/aromatic N) is 2. The van der Waals surface area contributed by atoms with E-state index >= 15 is 0 Å². The zero-order chi connectivity index (χ0) is 24.5. The number of allylic oxidation sites excluding steroid dienone is 1. The standard InChI is InChI=1S/C26H22ClN3O4S/c1-15-22(25(32)34-12-11-33-2)23(16-7-9-18(27)10-8-16)30-24(31)21(35-26(30)29-15)13-17-14-28-20-6-4-3-5-19(17)20/h3-10,13-14,23,28H,11-12H2,1-2H3. The number of aromatic amines is 1. The molecule has 2 aromatic heterocycles. The molecule has 3 heterocycles. The lowest BCUT2D eigenvalue weighted by molar-refractivity contribution is -0.140. The Bertz CT molecular complexity index is 1630. The number of ether oxygens (including phenoxy) is 2. The topological polar surface area (TPSA) is 85.7 Å². The van der Waals surface area contributed by atoms with Crippen LogP contribution in [0.15, 0.2) is 75.8 Å². The molecule has 2 aromatic carbocycles. The van der Waals surface area contributed by atoms with Gasteiger partial charge in [-0.3, -0.25) is 9.36 Å². The fourth-order valence-electron chi connectivity index (χ4n) is 4.19. The maximum absolute atomic E-state index is 13.7. The molecule has 1 unspecified atom stereocenters. The summed E-state index contributed by atoms with van der Waals surface area (Å²) in [5.41, 5.74) is 3.23. The molecule has 0 fully saturated rings. The second-order valence-corrected chi connectivity index (χ2v) is 9.50. The third-order valence-corrected chi connectivity index (χ3v) is 7.09. The van der Waals surface area contributed by atoms with Crippen LogP contribution in [-0.4, -0.2) is 35.8 Å². The number of carbonyl (C=O) groups excluding carboxylic acids is 1. The Kier molecular flexibility index (Phi) is 6.42. The number of para-hydroxylation sites is 1. The highest BCUT2D eigenvalue weighted by Gasteiger charge is 2.33. The van der Waals surface area contributed by atoms with E-state index in [0.29, 0.717) is 25.6 Å². The Balaban J connectivity index is 1.68. The molecular formula is C26H22ClN3O4S. The summed E-state index contributed by atoms with van der Waals surface area (Å²) in [5, 5.41) is 1.58. The Morgan fingerprint density at radius 1 is 1.20 bits per heavy atom. The van der Waals surface area contributed by atoms with Crippen LogP contribution in [0.1, 0.15) is 24.1 Å². The van der Waals surface area contributed by atoms with Crippen molar-refractivity contribution in [2.45, 2.75) is 13.0 Å². The molecule has 0 aliphatic carbocycles. The van der Waals surface area contributed by atoms with Crippen LogP contribution in [0.3, 0.4) is 0 Å². The molecule has 35 heavy (non-hydrogen) atoms. The van der Waals surface area contributed by atoms with Gasteiger partial charge in [-0.15, -0.1) is 0 Å². The summed E-state index contributed by atoms with van der Waals surface area (Å²) in [6.45, 7) is 2.13. The van der Waals surface area contributed by atoms with Gasteiger partial charge >= 0.3 is 5.97 Å². The molecule has 1 N–H and O–H groups in total. The van der Waals surface area contributed by atoms with Crippen LogP contribution in [0.25, 0.3) is 17.0 Å². The fourth-order valence-corrected chi connectivity index (χ4v) is 5.36. The molecule has 0 spiro atoms. The van der Waals surface area contributed by atoms with Crippen LogP contribution in [0.4, 0.5) is 0 Å². The lowest BCUT2D eigenvalue weighted by atomic mass is 9.96.